The highest BCUT2D eigenvalue weighted by molar-refractivity contribution is 6.44. The third-order valence-corrected chi connectivity index (χ3v) is 3.83. The van der Waals surface area contributed by atoms with Gasteiger partial charge in [-0.1, -0.05) is 29.3 Å². The summed E-state index contributed by atoms with van der Waals surface area (Å²) in [6.45, 7) is 0. The van der Waals surface area contributed by atoms with E-state index < -0.39 is 11.9 Å². The number of fused-ring (bicyclic) bond motifs is 1. The van der Waals surface area contributed by atoms with Gasteiger partial charge in [-0.15, -0.1) is 0 Å². The lowest BCUT2D eigenvalue weighted by molar-refractivity contribution is -0.125. The molecule has 0 saturated heterocycles. The third-order valence-electron chi connectivity index (χ3n) is 3.01. The van der Waals surface area contributed by atoms with Gasteiger partial charge in [0.05, 0.1) is 22.2 Å². The maximum atomic E-state index is 12.4. The molecule has 0 fully saturated rings. The minimum atomic E-state index is -0.786. The van der Waals surface area contributed by atoms with E-state index in [0.717, 1.165) is 0 Å². The molecule has 2 aromatic rings. The van der Waals surface area contributed by atoms with Gasteiger partial charge in [0.2, 0.25) is 17.8 Å². The molecule has 1 unspecified atom stereocenters. The summed E-state index contributed by atoms with van der Waals surface area (Å²) in [7, 11) is 0. The Morgan fingerprint density at radius 1 is 1.43 bits per heavy atom. The molecule has 0 bridgehead atoms. The predicted octanol–water partition coefficient (Wildman–Crippen LogP) is 2.11. The summed E-state index contributed by atoms with van der Waals surface area (Å²) >= 11 is 11.9. The molecule has 0 spiro atoms. The van der Waals surface area contributed by atoms with E-state index in [1.54, 1.807) is 18.2 Å². The highest BCUT2D eigenvalue weighted by Crippen LogP contribution is 2.31. The van der Waals surface area contributed by atoms with Crippen LogP contribution in [0.25, 0.3) is 0 Å². The third kappa shape index (κ3) is 2.57. The Bertz CT molecular complexity index is 730. The van der Waals surface area contributed by atoms with Crippen molar-refractivity contribution in [3.05, 3.63) is 34.6 Å². The number of rotatable bonds is 2. The van der Waals surface area contributed by atoms with Crippen LogP contribution in [0.3, 0.4) is 0 Å². The van der Waals surface area contributed by atoms with Gasteiger partial charge in [-0.3, -0.25) is 14.9 Å². The van der Waals surface area contributed by atoms with E-state index >= 15 is 0 Å². The van der Waals surface area contributed by atoms with Crippen LogP contribution in [0.5, 0.6) is 0 Å². The van der Waals surface area contributed by atoms with Gasteiger partial charge in [-0.05, 0) is 12.1 Å². The second kappa shape index (κ2) is 5.34. The Morgan fingerprint density at radius 2 is 2.24 bits per heavy atom. The SMILES string of the molecule is O=C1CC(C(=O)Nc2cccc(Cl)c2Cl)n2ncnc2N1. The van der Waals surface area contributed by atoms with E-state index in [2.05, 4.69) is 20.7 Å². The Balaban J connectivity index is 1.87. The molecule has 1 aliphatic rings. The van der Waals surface area contributed by atoms with E-state index in [4.69, 9.17) is 23.2 Å². The van der Waals surface area contributed by atoms with Gasteiger partial charge in [0, 0.05) is 0 Å². The maximum absolute atomic E-state index is 12.4. The van der Waals surface area contributed by atoms with Crippen molar-refractivity contribution in [3.63, 3.8) is 0 Å². The fourth-order valence-corrected chi connectivity index (χ4v) is 2.37. The molecule has 0 aliphatic carbocycles. The van der Waals surface area contributed by atoms with Crippen LogP contribution in [-0.2, 0) is 9.59 Å². The lowest BCUT2D eigenvalue weighted by atomic mass is 10.1. The van der Waals surface area contributed by atoms with Crippen molar-refractivity contribution in [2.75, 3.05) is 10.6 Å². The zero-order valence-corrected chi connectivity index (χ0v) is 12.0. The number of nitrogens with zero attached hydrogens (tertiary/aromatic N) is 3. The van der Waals surface area contributed by atoms with E-state index in [9.17, 15) is 9.59 Å². The van der Waals surface area contributed by atoms with Crippen LogP contribution in [0, 0.1) is 0 Å². The van der Waals surface area contributed by atoms with Gasteiger partial charge < -0.3 is 5.32 Å². The van der Waals surface area contributed by atoms with Crippen molar-refractivity contribution in [1.29, 1.82) is 0 Å². The van der Waals surface area contributed by atoms with Gasteiger partial charge in [0.1, 0.15) is 12.4 Å². The summed E-state index contributed by atoms with van der Waals surface area (Å²) in [4.78, 5) is 27.8. The number of carbonyl (C=O) groups excluding carboxylic acids is 2. The Morgan fingerprint density at radius 3 is 3.05 bits per heavy atom. The van der Waals surface area contributed by atoms with Gasteiger partial charge in [0.25, 0.3) is 0 Å². The van der Waals surface area contributed by atoms with Crippen LogP contribution in [0.1, 0.15) is 12.5 Å². The summed E-state index contributed by atoms with van der Waals surface area (Å²) in [5.74, 6) is -0.475. The quantitative estimate of drug-likeness (QED) is 0.884. The summed E-state index contributed by atoms with van der Waals surface area (Å²) in [5.41, 5.74) is 0.377. The van der Waals surface area contributed by atoms with Gasteiger partial charge in [0.15, 0.2) is 0 Å². The van der Waals surface area contributed by atoms with Crippen LogP contribution < -0.4 is 10.6 Å². The van der Waals surface area contributed by atoms with E-state index in [1.165, 1.54) is 11.0 Å². The van der Waals surface area contributed by atoms with Crippen LogP contribution in [0.15, 0.2) is 24.5 Å². The summed E-state index contributed by atoms with van der Waals surface area (Å²) in [6.07, 6.45) is 1.24. The fraction of sp³-hybridized carbons (Fsp3) is 0.167. The van der Waals surface area contributed by atoms with E-state index in [1.807, 2.05) is 0 Å². The molecule has 2 amide bonds. The molecule has 21 heavy (non-hydrogen) atoms. The zero-order chi connectivity index (χ0) is 15.0. The fourth-order valence-electron chi connectivity index (χ4n) is 2.03. The molecule has 2 N–H and O–H groups in total. The lowest BCUT2D eigenvalue weighted by Gasteiger charge is -2.22. The van der Waals surface area contributed by atoms with Crippen molar-refractivity contribution in [2.45, 2.75) is 12.5 Å². The topological polar surface area (TPSA) is 88.9 Å². The average Bonchev–Trinajstić information content (AvgIpc) is 2.90. The first-order chi connectivity index (χ1) is 10.1. The molecule has 1 atom stereocenters. The lowest BCUT2D eigenvalue weighted by Crippen LogP contribution is -2.36. The first-order valence-electron chi connectivity index (χ1n) is 6.00. The standard InChI is InChI=1S/C12H9Cl2N5O2/c13-6-2-1-3-7(10(6)14)17-11(21)8-4-9(20)18-12-15-5-16-19(8)12/h1-3,5,8H,4H2,(H,17,21)(H,15,16,18,20). The molecule has 108 valence electrons. The van der Waals surface area contributed by atoms with Crippen molar-refractivity contribution >= 4 is 46.7 Å². The summed E-state index contributed by atoms with van der Waals surface area (Å²) < 4.78 is 1.36. The van der Waals surface area contributed by atoms with Crippen LogP contribution in [0.4, 0.5) is 11.6 Å². The summed E-state index contributed by atoms with van der Waals surface area (Å²) in [5, 5.41) is 9.70. The van der Waals surface area contributed by atoms with E-state index in [0.29, 0.717) is 10.7 Å². The number of halogens is 2. The number of carbonyl (C=O) groups is 2. The normalized spacial score (nSPS) is 17.0. The summed E-state index contributed by atoms with van der Waals surface area (Å²) in [6, 6.07) is 4.12. The number of nitrogens with one attached hydrogen (secondary N) is 2. The highest BCUT2D eigenvalue weighted by Gasteiger charge is 2.32. The van der Waals surface area contributed by atoms with Gasteiger partial charge >= 0.3 is 0 Å². The monoisotopic (exact) mass is 325 g/mol. The van der Waals surface area contributed by atoms with Crippen molar-refractivity contribution in [3.8, 4) is 0 Å². The molecular weight excluding hydrogens is 317 g/mol. The molecule has 1 aliphatic heterocycles. The van der Waals surface area contributed by atoms with Crippen molar-refractivity contribution in [1.82, 2.24) is 14.8 Å². The minimum Gasteiger partial charge on any atom is -0.323 e. The molecule has 7 nitrogen and oxygen atoms in total. The number of amides is 2. The van der Waals surface area contributed by atoms with Gasteiger partial charge in [-0.25, -0.2) is 4.68 Å². The van der Waals surface area contributed by atoms with Crippen LogP contribution in [0.2, 0.25) is 10.0 Å². The number of benzene rings is 1. The zero-order valence-electron chi connectivity index (χ0n) is 10.5. The number of hydrogen-bond donors (Lipinski definition) is 2. The Hall–Kier alpha value is -2.12. The molecule has 2 heterocycles. The number of aromatic nitrogens is 3. The second-order valence-corrected chi connectivity index (χ2v) is 5.17. The first-order valence-corrected chi connectivity index (χ1v) is 6.76. The molecule has 3 rings (SSSR count). The van der Waals surface area contributed by atoms with Crippen molar-refractivity contribution in [2.24, 2.45) is 0 Å². The molecular formula is C12H9Cl2N5O2. The second-order valence-electron chi connectivity index (χ2n) is 4.39. The maximum Gasteiger partial charge on any atom is 0.249 e. The molecule has 9 heteroatoms. The average molecular weight is 326 g/mol. The van der Waals surface area contributed by atoms with E-state index in [-0.39, 0.29) is 23.3 Å². The molecule has 1 aromatic carbocycles. The Labute approximate surface area is 129 Å². The van der Waals surface area contributed by atoms with Crippen molar-refractivity contribution < 1.29 is 9.59 Å². The first kappa shape index (κ1) is 13.8. The van der Waals surface area contributed by atoms with Crippen LogP contribution in [-0.4, -0.2) is 26.6 Å². The Kier molecular flexibility index (Phi) is 3.52. The molecule has 0 saturated carbocycles. The number of hydrogen-bond acceptors (Lipinski definition) is 4. The number of anilines is 2. The minimum absolute atomic E-state index is 0.0274. The molecule has 0 radical (unpaired) electrons. The van der Waals surface area contributed by atoms with Crippen LogP contribution >= 0.6 is 23.2 Å². The largest absolute Gasteiger partial charge is 0.323 e. The predicted molar refractivity (Wildman–Crippen MR) is 77.4 cm³/mol. The highest BCUT2D eigenvalue weighted by atomic mass is 35.5. The van der Waals surface area contributed by atoms with Gasteiger partial charge in [-0.2, -0.15) is 10.1 Å². The smallest absolute Gasteiger partial charge is 0.249 e. The molecule has 1 aromatic heterocycles.